The van der Waals surface area contributed by atoms with Crippen LogP contribution in [0.1, 0.15) is 0 Å². The summed E-state index contributed by atoms with van der Waals surface area (Å²) in [5.41, 5.74) is 14.3. The highest BCUT2D eigenvalue weighted by molar-refractivity contribution is 5.88. The number of aromatic nitrogens is 6. The van der Waals surface area contributed by atoms with Crippen LogP contribution in [0.25, 0.3) is 33.5 Å². The second kappa shape index (κ2) is 3.67. The summed E-state index contributed by atoms with van der Waals surface area (Å²) in [6, 6.07) is 5.85. The molecule has 0 spiro atoms. The molecule has 0 fully saturated rings. The number of imidazole rings is 1. The fourth-order valence-electron chi connectivity index (χ4n) is 2.17. The van der Waals surface area contributed by atoms with Crippen LogP contribution < -0.4 is 11.5 Å². The van der Waals surface area contributed by atoms with Crippen LogP contribution in [-0.4, -0.2) is 30.1 Å². The van der Waals surface area contributed by atoms with Crippen LogP contribution in [0.15, 0.2) is 24.4 Å². The highest BCUT2D eigenvalue weighted by atomic mass is 15.1. The van der Waals surface area contributed by atoms with Crippen molar-refractivity contribution in [3.05, 3.63) is 24.4 Å². The molecule has 0 atom stereocenters. The number of nitrogens with zero attached hydrogens (tertiary/aromatic N) is 4. The van der Waals surface area contributed by atoms with Crippen LogP contribution >= 0.6 is 0 Å². The number of aromatic amines is 2. The third-order valence-electron chi connectivity index (χ3n) is 3.10. The second-order valence-corrected chi connectivity index (χ2v) is 4.42. The second-order valence-electron chi connectivity index (χ2n) is 4.42. The molecule has 0 bridgehead atoms. The Balaban J connectivity index is 1.94. The van der Waals surface area contributed by atoms with E-state index in [0.717, 1.165) is 16.5 Å². The van der Waals surface area contributed by atoms with Crippen LogP contribution in [-0.2, 0) is 0 Å². The summed E-state index contributed by atoms with van der Waals surface area (Å²) in [6.07, 6.45) is 1.76. The summed E-state index contributed by atoms with van der Waals surface area (Å²) >= 11 is 0. The van der Waals surface area contributed by atoms with Crippen molar-refractivity contribution in [2.45, 2.75) is 0 Å². The lowest BCUT2D eigenvalue weighted by Gasteiger charge is -1.95. The zero-order chi connectivity index (χ0) is 13.7. The summed E-state index contributed by atoms with van der Waals surface area (Å²) < 4.78 is 0. The summed E-state index contributed by atoms with van der Waals surface area (Å²) in [5, 5.41) is 7.89. The van der Waals surface area contributed by atoms with Gasteiger partial charge in [0.1, 0.15) is 5.82 Å². The van der Waals surface area contributed by atoms with E-state index < -0.39 is 0 Å². The van der Waals surface area contributed by atoms with Gasteiger partial charge in [-0.25, -0.2) is 4.98 Å². The van der Waals surface area contributed by atoms with E-state index in [9.17, 15) is 0 Å². The molecule has 4 rings (SSSR count). The number of benzene rings is 1. The molecular formula is C12H10N8. The summed E-state index contributed by atoms with van der Waals surface area (Å²) in [7, 11) is 0. The van der Waals surface area contributed by atoms with E-state index in [1.807, 2.05) is 18.2 Å². The third-order valence-corrected chi connectivity index (χ3v) is 3.10. The monoisotopic (exact) mass is 266 g/mol. The van der Waals surface area contributed by atoms with Gasteiger partial charge in [-0.15, -0.1) is 0 Å². The van der Waals surface area contributed by atoms with Crippen molar-refractivity contribution in [3.63, 3.8) is 0 Å². The number of nitrogens with two attached hydrogens (primary N) is 2. The molecule has 20 heavy (non-hydrogen) atoms. The Morgan fingerprint density at radius 2 is 1.95 bits per heavy atom. The van der Waals surface area contributed by atoms with E-state index in [0.29, 0.717) is 17.0 Å². The molecule has 6 N–H and O–H groups in total. The number of nitrogen functional groups attached to an aromatic ring is 2. The van der Waals surface area contributed by atoms with Crippen molar-refractivity contribution in [1.29, 1.82) is 0 Å². The molecule has 4 aromatic rings. The minimum Gasteiger partial charge on any atom is -0.382 e. The van der Waals surface area contributed by atoms with Crippen LogP contribution in [0.5, 0.6) is 0 Å². The molecular weight excluding hydrogens is 256 g/mol. The first-order chi connectivity index (χ1) is 9.70. The largest absolute Gasteiger partial charge is 0.382 e. The van der Waals surface area contributed by atoms with Gasteiger partial charge in [-0.2, -0.15) is 15.1 Å². The van der Waals surface area contributed by atoms with E-state index in [4.69, 9.17) is 11.5 Å². The van der Waals surface area contributed by atoms with Gasteiger partial charge in [0, 0.05) is 10.9 Å². The number of nitrogens with one attached hydrogen (secondary N) is 2. The summed E-state index contributed by atoms with van der Waals surface area (Å²) in [6.45, 7) is 0. The Kier molecular flexibility index (Phi) is 1.97. The number of anilines is 2. The molecule has 8 nitrogen and oxygen atoms in total. The predicted molar refractivity (Wildman–Crippen MR) is 75.6 cm³/mol. The zero-order valence-electron chi connectivity index (χ0n) is 10.3. The van der Waals surface area contributed by atoms with Gasteiger partial charge in [-0.3, -0.25) is 5.10 Å². The van der Waals surface area contributed by atoms with Crippen LogP contribution in [0, 0.1) is 0 Å². The van der Waals surface area contributed by atoms with E-state index in [2.05, 4.69) is 30.1 Å². The smallest absolute Gasteiger partial charge is 0.224 e. The Bertz CT molecular complexity index is 935. The number of fused-ring (bicyclic) bond motifs is 2. The molecule has 3 aromatic heterocycles. The number of hydrogen-bond donors (Lipinski definition) is 4. The van der Waals surface area contributed by atoms with E-state index >= 15 is 0 Å². The van der Waals surface area contributed by atoms with Gasteiger partial charge in [-0.05, 0) is 18.2 Å². The fraction of sp³-hybridized carbons (Fsp3) is 0. The van der Waals surface area contributed by atoms with Gasteiger partial charge in [0.25, 0.3) is 0 Å². The van der Waals surface area contributed by atoms with Gasteiger partial charge >= 0.3 is 0 Å². The van der Waals surface area contributed by atoms with E-state index in [1.54, 1.807) is 6.20 Å². The number of rotatable bonds is 1. The Morgan fingerprint density at radius 1 is 1.05 bits per heavy atom. The molecule has 0 radical (unpaired) electrons. The Labute approximate surface area is 112 Å². The zero-order valence-corrected chi connectivity index (χ0v) is 10.3. The standard InChI is InChI=1S/C12H10N8/c13-9-8-11(19-12(14)17-9)18-10(16-8)5-1-2-7-6(3-5)4-15-20-7/h1-4H,(H,15,20)(H5,13,14,16,17,18,19). The maximum absolute atomic E-state index is 5.79. The molecule has 98 valence electrons. The first-order valence-electron chi connectivity index (χ1n) is 5.93. The fourth-order valence-corrected chi connectivity index (χ4v) is 2.17. The van der Waals surface area contributed by atoms with Crippen molar-refractivity contribution >= 4 is 33.8 Å². The van der Waals surface area contributed by atoms with Crippen molar-refractivity contribution < 1.29 is 0 Å². The van der Waals surface area contributed by atoms with Gasteiger partial charge < -0.3 is 16.5 Å². The molecule has 3 heterocycles. The minimum atomic E-state index is 0.121. The molecule has 0 aliphatic rings. The molecule has 8 heteroatoms. The highest BCUT2D eigenvalue weighted by Gasteiger charge is 2.11. The quantitative estimate of drug-likeness (QED) is 0.407. The maximum atomic E-state index is 5.79. The normalized spacial score (nSPS) is 11.4. The molecule has 0 saturated carbocycles. The first-order valence-corrected chi connectivity index (χ1v) is 5.93. The van der Waals surface area contributed by atoms with Crippen molar-refractivity contribution in [1.82, 2.24) is 30.1 Å². The van der Waals surface area contributed by atoms with Gasteiger partial charge in [0.15, 0.2) is 17.0 Å². The molecule has 1 aromatic carbocycles. The van der Waals surface area contributed by atoms with Crippen molar-refractivity contribution in [2.75, 3.05) is 11.5 Å². The van der Waals surface area contributed by atoms with Crippen LogP contribution in [0.4, 0.5) is 11.8 Å². The molecule has 0 aliphatic heterocycles. The lowest BCUT2D eigenvalue weighted by molar-refractivity contribution is 1.12. The molecule has 0 aliphatic carbocycles. The van der Waals surface area contributed by atoms with E-state index in [1.165, 1.54) is 0 Å². The summed E-state index contributed by atoms with van der Waals surface area (Å²) in [5.74, 6) is 1.05. The van der Waals surface area contributed by atoms with Gasteiger partial charge in [0.05, 0.1) is 11.7 Å². The number of H-pyrrole nitrogens is 2. The van der Waals surface area contributed by atoms with Gasteiger partial charge in [0.2, 0.25) is 5.95 Å². The topological polar surface area (TPSA) is 135 Å². The Hall–Kier alpha value is -3.16. The lowest BCUT2D eigenvalue weighted by atomic mass is 10.1. The number of hydrogen-bond acceptors (Lipinski definition) is 6. The van der Waals surface area contributed by atoms with E-state index in [-0.39, 0.29) is 11.8 Å². The third kappa shape index (κ3) is 1.48. The van der Waals surface area contributed by atoms with Gasteiger partial charge in [-0.1, -0.05) is 0 Å². The summed E-state index contributed by atoms with van der Waals surface area (Å²) in [4.78, 5) is 15.5. The molecule has 0 unspecified atom stereocenters. The van der Waals surface area contributed by atoms with Crippen LogP contribution in [0.3, 0.4) is 0 Å². The first kappa shape index (κ1) is 10.7. The minimum absolute atomic E-state index is 0.121. The van der Waals surface area contributed by atoms with Crippen molar-refractivity contribution in [2.24, 2.45) is 0 Å². The Morgan fingerprint density at radius 3 is 2.85 bits per heavy atom. The average molecular weight is 266 g/mol. The SMILES string of the molecule is Nc1nc(N)c2nc(-c3ccc4[nH]ncc4c3)[nH]c2n1. The molecule has 0 amide bonds. The van der Waals surface area contributed by atoms with Crippen LogP contribution in [0.2, 0.25) is 0 Å². The predicted octanol–water partition coefficient (Wildman–Crippen LogP) is 1.06. The lowest BCUT2D eigenvalue weighted by Crippen LogP contribution is -1.99. The maximum Gasteiger partial charge on any atom is 0.224 e. The average Bonchev–Trinajstić information content (AvgIpc) is 3.03. The van der Waals surface area contributed by atoms with Crippen molar-refractivity contribution in [3.8, 4) is 11.4 Å². The molecule has 0 saturated heterocycles. The highest BCUT2D eigenvalue weighted by Crippen LogP contribution is 2.24.